The van der Waals surface area contributed by atoms with Gasteiger partial charge in [-0.1, -0.05) is 18.2 Å². The number of nitriles is 1. The number of rotatable bonds is 4. The van der Waals surface area contributed by atoms with Crippen LogP contribution in [0.15, 0.2) is 39.7 Å². The zero-order valence-corrected chi connectivity index (χ0v) is 9.83. The molecule has 0 saturated carbocycles. The number of aliphatic imine (C=N–C) groups is 1. The lowest BCUT2D eigenvalue weighted by atomic mass is 10.2. The summed E-state index contributed by atoms with van der Waals surface area (Å²) in [5.74, 6) is 0.528. The molecule has 0 amide bonds. The predicted molar refractivity (Wildman–Crippen MR) is 66.4 cm³/mol. The largest absolute Gasteiger partial charge is 0.483 e. The quantitative estimate of drug-likeness (QED) is 0.609. The molecule has 0 saturated heterocycles. The molecule has 5 heteroatoms. The summed E-state index contributed by atoms with van der Waals surface area (Å²) in [7, 11) is 0. The van der Waals surface area contributed by atoms with Gasteiger partial charge in [-0.3, -0.25) is 0 Å². The Kier molecular flexibility index (Phi) is 3.72. The van der Waals surface area contributed by atoms with Crippen LogP contribution in [0.1, 0.15) is 12.6 Å². The van der Waals surface area contributed by atoms with Crippen molar-refractivity contribution in [3.05, 3.63) is 36.0 Å². The molecule has 90 valence electrons. The summed E-state index contributed by atoms with van der Waals surface area (Å²) in [4.78, 5) is 7.99. The Balaban J connectivity index is 2.33. The fraction of sp³-hybridized carbons (Fsp3) is 0.154. The van der Waals surface area contributed by atoms with Crippen molar-refractivity contribution < 1.29 is 9.15 Å². The molecule has 0 fully saturated rings. The van der Waals surface area contributed by atoms with Crippen LogP contribution in [-0.2, 0) is 4.74 Å². The summed E-state index contributed by atoms with van der Waals surface area (Å²) in [5.41, 5.74) is 0.941. The average molecular weight is 241 g/mol. The molecule has 1 heterocycles. The Morgan fingerprint density at radius 3 is 2.89 bits per heavy atom. The second-order valence-electron chi connectivity index (χ2n) is 3.34. The van der Waals surface area contributed by atoms with Crippen molar-refractivity contribution in [1.82, 2.24) is 4.98 Å². The highest BCUT2D eigenvalue weighted by Crippen LogP contribution is 2.26. The molecule has 1 aromatic carbocycles. The number of nitrogens with zero attached hydrogens (tertiary/aromatic N) is 3. The van der Waals surface area contributed by atoms with E-state index in [9.17, 15) is 0 Å². The summed E-state index contributed by atoms with van der Waals surface area (Å²) in [6.07, 6.45) is 1.25. The molecule has 0 aliphatic carbocycles. The van der Waals surface area contributed by atoms with Crippen LogP contribution in [0.5, 0.6) is 0 Å². The maximum absolute atomic E-state index is 8.95. The van der Waals surface area contributed by atoms with E-state index in [1.807, 2.05) is 43.3 Å². The summed E-state index contributed by atoms with van der Waals surface area (Å²) in [6.45, 7) is 2.35. The Labute approximate surface area is 104 Å². The van der Waals surface area contributed by atoms with Crippen molar-refractivity contribution in [2.24, 2.45) is 4.99 Å². The summed E-state index contributed by atoms with van der Waals surface area (Å²) in [6, 6.07) is 11.3. The molecule has 0 aliphatic heterocycles. The second-order valence-corrected chi connectivity index (χ2v) is 3.34. The Morgan fingerprint density at radius 1 is 1.44 bits per heavy atom. The normalized spacial score (nSPS) is 10.4. The smallest absolute Gasteiger partial charge is 0.261 e. The second kappa shape index (κ2) is 5.64. The minimum atomic E-state index is 0.143. The third-order valence-corrected chi connectivity index (χ3v) is 2.15. The molecular weight excluding hydrogens is 230 g/mol. The van der Waals surface area contributed by atoms with Gasteiger partial charge >= 0.3 is 0 Å². The van der Waals surface area contributed by atoms with Gasteiger partial charge in [0.1, 0.15) is 6.07 Å². The van der Waals surface area contributed by atoms with Gasteiger partial charge in [0, 0.05) is 5.56 Å². The van der Waals surface area contributed by atoms with Gasteiger partial charge in [0.25, 0.3) is 5.88 Å². The molecule has 0 unspecified atom stereocenters. The molecular formula is C13H11N3O2. The lowest BCUT2D eigenvalue weighted by Crippen LogP contribution is -1.83. The number of ether oxygens (including phenoxy) is 1. The van der Waals surface area contributed by atoms with Crippen molar-refractivity contribution in [2.75, 3.05) is 6.61 Å². The number of benzene rings is 1. The molecule has 0 bridgehead atoms. The van der Waals surface area contributed by atoms with Crippen molar-refractivity contribution in [3.8, 4) is 17.5 Å². The minimum absolute atomic E-state index is 0.143. The van der Waals surface area contributed by atoms with E-state index in [4.69, 9.17) is 14.4 Å². The lowest BCUT2D eigenvalue weighted by Gasteiger charge is -1.92. The monoisotopic (exact) mass is 241 g/mol. The highest BCUT2D eigenvalue weighted by Gasteiger charge is 2.13. The maximum Gasteiger partial charge on any atom is 0.261 e. The van der Waals surface area contributed by atoms with Gasteiger partial charge in [-0.2, -0.15) is 15.2 Å². The van der Waals surface area contributed by atoms with E-state index < -0.39 is 0 Å². The third-order valence-electron chi connectivity index (χ3n) is 2.15. The summed E-state index contributed by atoms with van der Waals surface area (Å²) >= 11 is 0. The molecule has 18 heavy (non-hydrogen) atoms. The predicted octanol–water partition coefficient (Wildman–Crippen LogP) is 2.91. The van der Waals surface area contributed by atoms with Crippen LogP contribution in [0.25, 0.3) is 11.5 Å². The van der Waals surface area contributed by atoms with Crippen molar-refractivity contribution in [2.45, 2.75) is 6.92 Å². The maximum atomic E-state index is 8.95. The highest BCUT2D eigenvalue weighted by atomic mass is 16.5. The van der Waals surface area contributed by atoms with Crippen LogP contribution in [-0.4, -0.2) is 18.0 Å². The fourth-order valence-electron chi connectivity index (χ4n) is 1.34. The van der Waals surface area contributed by atoms with E-state index in [2.05, 4.69) is 9.98 Å². The number of hydrogen-bond donors (Lipinski definition) is 0. The van der Waals surface area contributed by atoms with Crippen LogP contribution in [0.3, 0.4) is 0 Å². The van der Waals surface area contributed by atoms with Gasteiger partial charge in [-0.15, -0.1) is 0 Å². The van der Waals surface area contributed by atoms with Crippen LogP contribution in [0, 0.1) is 11.3 Å². The first kappa shape index (κ1) is 11.9. The molecule has 0 radical (unpaired) electrons. The first-order valence-electron chi connectivity index (χ1n) is 5.45. The average Bonchev–Trinajstić information content (AvgIpc) is 2.83. The topological polar surface area (TPSA) is 71.4 Å². The van der Waals surface area contributed by atoms with Crippen LogP contribution < -0.4 is 0 Å². The standard InChI is InChI=1S/C13H11N3O2/c1-2-17-9-15-13-11(8-14)16-12(18-13)10-6-4-3-5-7-10/h3-7,9H,2H2,1H3/b15-9+. The van der Waals surface area contributed by atoms with Gasteiger partial charge in [0.05, 0.1) is 6.61 Å². The molecule has 5 nitrogen and oxygen atoms in total. The Morgan fingerprint density at radius 2 is 2.22 bits per heavy atom. The summed E-state index contributed by atoms with van der Waals surface area (Å²) in [5, 5.41) is 8.95. The Bertz CT molecular complexity index is 582. The van der Waals surface area contributed by atoms with Crippen molar-refractivity contribution in [3.63, 3.8) is 0 Å². The van der Waals surface area contributed by atoms with Gasteiger partial charge in [0.15, 0.2) is 6.40 Å². The van der Waals surface area contributed by atoms with Crippen molar-refractivity contribution >= 4 is 12.3 Å². The zero-order valence-electron chi connectivity index (χ0n) is 9.83. The van der Waals surface area contributed by atoms with Crippen molar-refractivity contribution in [1.29, 1.82) is 5.26 Å². The van der Waals surface area contributed by atoms with Gasteiger partial charge in [-0.05, 0) is 19.1 Å². The van der Waals surface area contributed by atoms with Crippen LogP contribution in [0.4, 0.5) is 5.88 Å². The third kappa shape index (κ3) is 2.55. The molecule has 0 atom stereocenters. The number of hydrogen-bond acceptors (Lipinski definition) is 5. The van der Waals surface area contributed by atoms with E-state index in [-0.39, 0.29) is 11.6 Å². The van der Waals surface area contributed by atoms with Gasteiger partial charge in [0.2, 0.25) is 11.6 Å². The fourth-order valence-corrected chi connectivity index (χ4v) is 1.34. The first-order chi connectivity index (χ1) is 8.85. The lowest BCUT2D eigenvalue weighted by molar-refractivity contribution is 0.343. The van der Waals surface area contributed by atoms with E-state index >= 15 is 0 Å². The molecule has 2 rings (SSSR count). The van der Waals surface area contributed by atoms with Crippen LogP contribution in [0.2, 0.25) is 0 Å². The minimum Gasteiger partial charge on any atom is -0.483 e. The highest BCUT2D eigenvalue weighted by molar-refractivity contribution is 5.60. The zero-order chi connectivity index (χ0) is 12.8. The molecule has 0 aliphatic rings. The van der Waals surface area contributed by atoms with Gasteiger partial charge in [-0.25, -0.2) is 0 Å². The first-order valence-corrected chi connectivity index (χ1v) is 5.45. The molecule has 0 N–H and O–H groups in total. The SMILES string of the molecule is CCO/C=N/c1oc(-c2ccccc2)nc1C#N. The molecule has 0 spiro atoms. The molecule has 1 aromatic heterocycles. The number of oxazole rings is 1. The Hall–Kier alpha value is -2.61. The van der Waals surface area contributed by atoms with E-state index in [0.717, 1.165) is 5.56 Å². The van der Waals surface area contributed by atoms with E-state index in [1.54, 1.807) is 0 Å². The van der Waals surface area contributed by atoms with Gasteiger partial charge < -0.3 is 9.15 Å². The molecule has 2 aromatic rings. The number of aromatic nitrogens is 1. The van der Waals surface area contributed by atoms with Crippen LogP contribution >= 0.6 is 0 Å². The summed E-state index contributed by atoms with van der Waals surface area (Å²) < 4.78 is 10.4. The van der Waals surface area contributed by atoms with E-state index in [0.29, 0.717) is 12.5 Å². The van der Waals surface area contributed by atoms with E-state index in [1.165, 1.54) is 6.40 Å².